The lowest BCUT2D eigenvalue weighted by molar-refractivity contribution is -0.120. The fourth-order valence-electron chi connectivity index (χ4n) is 2.27. The van der Waals surface area contributed by atoms with Gasteiger partial charge >= 0.3 is 0 Å². The first-order valence-corrected chi connectivity index (χ1v) is 6.61. The normalized spacial score (nSPS) is 18.4. The van der Waals surface area contributed by atoms with E-state index >= 15 is 0 Å². The minimum Gasteiger partial charge on any atom is -0.495 e. The number of hydrogen-bond donors (Lipinski definition) is 3. The maximum absolute atomic E-state index is 12.2. The highest BCUT2D eigenvalue weighted by molar-refractivity contribution is 5.98. The van der Waals surface area contributed by atoms with E-state index in [4.69, 9.17) is 10.5 Å². The van der Waals surface area contributed by atoms with Crippen molar-refractivity contribution >= 4 is 17.5 Å². The van der Waals surface area contributed by atoms with Gasteiger partial charge in [0.1, 0.15) is 5.75 Å². The van der Waals surface area contributed by atoms with Crippen LogP contribution in [0.15, 0.2) is 18.2 Å². The van der Waals surface area contributed by atoms with Gasteiger partial charge in [0, 0.05) is 12.1 Å². The van der Waals surface area contributed by atoms with Crippen LogP contribution in [0.4, 0.5) is 5.69 Å². The average Bonchev–Trinajstić information content (AvgIpc) is 2.48. The minimum atomic E-state index is -0.539. The van der Waals surface area contributed by atoms with Gasteiger partial charge in [0.05, 0.1) is 18.7 Å². The Morgan fingerprint density at radius 3 is 2.85 bits per heavy atom. The van der Waals surface area contributed by atoms with Gasteiger partial charge in [-0.25, -0.2) is 0 Å². The van der Waals surface area contributed by atoms with E-state index in [9.17, 15) is 9.59 Å². The second-order valence-corrected chi connectivity index (χ2v) is 4.81. The number of primary amides is 1. The number of carbonyl (C=O) groups is 2. The second kappa shape index (κ2) is 6.38. The maximum Gasteiger partial charge on any atom is 0.248 e. The van der Waals surface area contributed by atoms with E-state index in [1.807, 2.05) is 0 Å². The number of anilines is 1. The van der Waals surface area contributed by atoms with Crippen LogP contribution in [0.25, 0.3) is 0 Å². The second-order valence-electron chi connectivity index (χ2n) is 4.81. The molecule has 108 valence electrons. The van der Waals surface area contributed by atoms with Gasteiger partial charge in [0.15, 0.2) is 0 Å². The Labute approximate surface area is 117 Å². The van der Waals surface area contributed by atoms with E-state index in [1.54, 1.807) is 12.1 Å². The number of benzene rings is 1. The van der Waals surface area contributed by atoms with Crippen LogP contribution in [0.2, 0.25) is 0 Å². The fraction of sp³-hybridized carbons (Fsp3) is 0.429. The molecule has 1 aromatic carbocycles. The van der Waals surface area contributed by atoms with E-state index in [-0.39, 0.29) is 11.8 Å². The van der Waals surface area contributed by atoms with Crippen LogP contribution in [-0.2, 0) is 4.79 Å². The molecule has 1 heterocycles. The van der Waals surface area contributed by atoms with Crippen LogP contribution < -0.4 is 21.1 Å². The number of nitrogens with two attached hydrogens (primary N) is 1. The van der Waals surface area contributed by atoms with Crippen molar-refractivity contribution in [1.29, 1.82) is 0 Å². The molecule has 2 rings (SSSR count). The Bertz CT molecular complexity index is 510. The van der Waals surface area contributed by atoms with Gasteiger partial charge in [0.25, 0.3) is 0 Å². The summed E-state index contributed by atoms with van der Waals surface area (Å²) >= 11 is 0. The first kappa shape index (κ1) is 14.3. The Hall–Kier alpha value is -2.08. The van der Waals surface area contributed by atoms with E-state index in [0.29, 0.717) is 23.5 Å². The van der Waals surface area contributed by atoms with Gasteiger partial charge in [-0.1, -0.05) is 0 Å². The molecule has 0 unspecified atom stereocenters. The van der Waals surface area contributed by atoms with Gasteiger partial charge in [0.2, 0.25) is 11.8 Å². The van der Waals surface area contributed by atoms with Gasteiger partial charge in [-0.15, -0.1) is 0 Å². The lowest BCUT2D eigenvalue weighted by Crippen LogP contribution is -2.37. The Morgan fingerprint density at radius 2 is 2.25 bits per heavy atom. The molecule has 0 bridgehead atoms. The minimum absolute atomic E-state index is 0.0642. The number of piperidine rings is 1. The van der Waals surface area contributed by atoms with Gasteiger partial charge in [-0.05, 0) is 37.6 Å². The Balaban J connectivity index is 2.15. The molecular formula is C14H19N3O3. The zero-order valence-corrected chi connectivity index (χ0v) is 11.4. The van der Waals surface area contributed by atoms with Crippen LogP contribution in [0.1, 0.15) is 23.2 Å². The predicted octanol–water partition coefficient (Wildman–Crippen LogP) is 0.732. The van der Waals surface area contributed by atoms with Crippen molar-refractivity contribution in [2.45, 2.75) is 12.8 Å². The molecule has 0 radical (unpaired) electrons. The van der Waals surface area contributed by atoms with Crippen molar-refractivity contribution in [1.82, 2.24) is 5.32 Å². The number of methoxy groups -OCH3 is 1. The first-order valence-electron chi connectivity index (χ1n) is 6.61. The monoisotopic (exact) mass is 277 g/mol. The summed E-state index contributed by atoms with van der Waals surface area (Å²) in [5.74, 6) is -0.169. The SMILES string of the molecule is COc1ccc(C(N)=O)cc1NC(=O)[C@H]1CCCNC1. The predicted molar refractivity (Wildman–Crippen MR) is 75.7 cm³/mol. The van der Waals surface area contributed by atoms with E-state index in [1.165, 1.54) is 13.2 Å². The smallest absolute Gasteiger partial charge is 0.248 e. The molecule has 1 fully saturated rings. The summed E-state index contributed by atoms with van der Waals surface area (Å²) in [6, 6.07) is 4.73. The number of amides is 2. The third kappa shape index (κ3) is 3.27. The van der Waals surface area contributed by atoms with Gasteiger partial charge in [-0.2, -0.15) is 0 Å². The highest BCUT2D eigenvalue weighted by Crippen LogP contribution is 2.26. The van der Waals surface area contributed by atoms with Crippen LogP contribution in [-0.4, -0.2) is 32.0 Å². The number of nitrogens with one attached hydrogen (secondary N) is 2. The van der Waals surface area contributed by atoms with Crippen LogP contribution >= 0.6 is 0 Å². The lowest BCUT2D eigenvalue weighted by atomic mass is 9.98. The molecule has 0 aliphatic carbocycles. The van der Waals surface area contributed by atoms with Crippen molar-refractivity contribution in [3.63, 3.8) is 0 Å². The van der Waals surface area contributed by atoms with Crippen molar-refractivity contribution in [2.24, 2.45) is 11.7 Å². The number of rotatable bonds is 4. The molecule has 20 heavy (non-hydrogen) atoms. The third-order valence-electron chi connectivity index (χ3n) is 3.41. The summed E-state index contributed by atoms with van der Waals surface area (Å²) in [6.07, 6.45) is 1.84. The maximum atomic E-state index is 12.2. The number of carbonyl (C=O) groups excluding carboxylic acids is 2. The van der Waals surface area contributed by atoms with Crippen molar-refractivity contribution in [3.8, 4) is 5.75 Å². The van der Waals surface area contributed by atoms with Crippen LogP contribution in [0.3, 0.4) is 0 Å². The summed E-state index contributed by atoms with van der Waals surface area (Å²) in [4.78, 5) is 23.4. The van der Waals surface area contributed by atoms with Gasteiger partial charge in [-0.3, -0.25) is 9.59 Å². The highest BCUT2D eigenvalue weighted by atomic mass is 16.5. The molecule has 6 heteroatoms. The summed E-state index contributed by atoms with van der Waals surface area (Å²) < 4.78 is 5.19. The molecule has 0 saturated carbocycles. The van der Waals surface area contributed by atoms with Crippen LogP contribution in [0.5, 0.6) is 5.75 Å². The van der Waals surface area contributed by atoms with Crippen molar-refractivity contribution in [3.05, 3.63) is 23.8 Å². The summed E-state index contributed by atoms with van der Waals surface area (Å²) in [7, 11) is 1.51. The summed E-state index contributed by atoms with van der Waals surface area (Å²) in [5.41, 5.74) is 6.05. The summed E-state index contributed by atoms with van der Waals surface area (Å²) in [5, 5.41) is 6.01. The van der Waals surface area contributed by atoms with E-state index in [2.05, 4.69) is 10.6 Å². The molecule has 1 aliphatic rings. The average molecular weight is 277 g/mol. The third-order valence-corrected chi connectivity index (χ3v) is 3.41. The number of hydrogen-bond acceptors (Lipinski definition) is 4. The van der Waals surface area contributed by atoms with Gasteiger partial charge < -0.3 is 21.1 Å². The molecule has 2 amide bonds. The quantitative estimate of drug-likeness (QED) is 0.756. The van der Waals surface area contributed by atoms with Crippen molar-refractivity contribution < 1.29 is 14.3 Å². The highest BCUT2D eigenvalue weighted by Gasteiger charge is 2.22. The van der Waals surface area contributed by atoms with Crippen LogP contribution in [0, 0.1) is 5.92 Å². The molecule has 1 saturated heterocycles. The Kier molecular flexibility index (Phi) is 4.57. The summed E-state index contributed by atoms with van der Waals surface area (Å²) in [6.45, 7) is 1.62. The molecule has 1 aliphatic heterocycles. The largest absolute Gasteiger partial charge is 0.495 e. The standard InChI is InChI=1S/C14H19N3O3/c1-20-12-5-4-9(13(15)18)7-11(12)17-14(19)10-3-2-6-16-8-10/h4-5,7,10,16H,2-3,6,8H2,1H3,(H2,15,18)(H,17,19)/t10-/m0/s1. The zero-order valence-electron chi connectivity index (χ0n) is 11.4. The van der Waals surface area contributed by atoms with Crippen molar-refractivity contribution in [2.75, 3.05) is 25.5 Å². The zero-order chi connectivity index (χ0) is 14.5. The molecular weight excluding hydrogens is 258 g/mol. The fourth-order valence-corrected chi connectivity index (χ4v) is 2.27. The molecule has 6 nitrogen and oxygen atoms in total. The molecule has 1 atom stereocenters. The first-order chi connectivity index (χ1) is 9.61. The Morgan fingerprint density at radius 1 is 1.45 bits per heavy atom. The topological polar surface area (TPSA) is 93.4 Å². The van der Waals surface area contributed by atoms with E-state index in [0.717, 1.165) is 19.4 Å². The van der Waals surface area contributed by atoms with E-state index < -0.39 is 5.91 Å². The number of ether oxygens (including phenoxy) is 1. The molecule has 0 spiro atoms. The molecule has 4 N–H and O–H groups in total. The lowest BCUT2D eigenvalue weighted by Gasteiger charge is -2.22. The molecule has 1 aromatic rings. The molecule has 0 aromatic heterocycles.